The molecule has 1 aliphatic carbocycles. The molecule has 0 amide bonds. The fraction of sp³-hybridized carbons (Fsp3) is 0.625. The van der Waals surface area contributed by atoms with Crippen LogP contribution in [0.3, 0.4) is 0 Å². The van der Waals surface area contributed by atoms with Crippen molar-refractivity contribution in [2.24, 2.45) is 5.92 Å². The summed E-state index contributed by atoms with van der Waals surface area (Å²) in [5.41, 5.74) is 1.48. The molecule has 126 valence electrons. The van der Waals surface area contributed by atoms with Crippen LogP contribution in [0.5, 0.6) is 0 Å². The largest absolute Gasteiger partial charge is 0.314 e. The molecule has 6 heteroatoms. The molecule has 1 aromatic rings. The monoisotopic (exact) mass is 472 g/mol. The predicted molar refractivity (Wildman–Crippen MR) is 105 cm³/mol. The summed E-state index contributed by atoms with van der Waals surface area (Å²) >= 11 is 7.26. The van der Waals surface area contributed by atoms with E-state index in [9.17, 15) is 0 Å². The van der Waals surface area contributed by atoms with Crippen molar-refractivity contribution >= 4 is 56.7 Å². The van der Waals surface area contributed by atoms with Crippen LogP contribution in [-0.4, -0.2) is 31.1 Å². The van der Waals surface area contributed by atoms with Crippen LogP contribution in [0.1, 0.15) is 37.3 Å². The van der Waals surface area contributed by atoms with Crippen LogP contribution in [0, 0.1) is 5.92 Å². The molecule has 1 atom stereocenters. The number of nitrogens with one attached hydrogen (secondary N) is 1. The molecule has 0 unspecified atom stereocenters. The Morgan fingerprint density at radius 3 is 2.23 bits per heavy atom. The number of halogens is 4. The standard InChI is InChI=1S/C16H22Br2N2.2ClH/c17-14-6-5-13(11-15(14)18)16(12-3-1-2-4-12)20-9-7-19-8-10-20;;/h5-6,11-12,16,19H,1-4,7-10H2;2*1H/t16-;;/m1../s1. The fourth-order valence-electron chi connectivity index (χ4n) is 3.71. The third-order valence-corrected chi connectivity index (χ3v) is 6.56. The van der Waals surface area contributed by atoms with Gasteiger partial charge in [-0.25, -0.2) is 0 Å². The zero-order chi connectivity index (χ0) is 13.9. The van der Waals surface area contributed by atoms with Crippen LogP contribution in [0.4, 0.5) is 0 Å². The zero-order valence-corrected chi connectivity index (χ0v) is 17.4. The Kier molecular flexibility index (Phi) is 9.28. The second-order valence-corrected chi connectivity index (χ2v) is 7.66. The molecule has 0 aromatic heterocycles. The summed E-state index contributed by atoms with van der Waals surface area (Å²) in [7, 11) is 0. The van der Waals surface area contributed by atoms with Crippen LogP contribution in [0.2, 0.25) is 0 Å². The van der Waals surface area contributed by atoms with E-state index in [-0.39, 0.29) is 24.8 Å². The van der Waals surface area contributed by atoms with Gasteiger partial charge in [0.15, 0.2) is 0 Å². The molecule has 2 fully saturated rings. The molecule has 1 N–H and O–H groups in total. The molecular formula is C16H24Br2Cl2N2. The maximum atomic E-state index is 3.67. The second kappa shape index (κ2) is 9.85. The maximum Gasteiger partial charge on any atom is 0.0377 e. The first kappa shape index (κ1) is 20.7. The van der Waals surface area contributed by atoms with Crippen LogP contribution < -0.4 is 5.32 Å². The fourth-order valence-corrected chi connectivity index (χ4v) is 4.35. The number of hydrogen-bond donors (Lipinski definition) is 1. The molecule has 1 aromatic carbocycles. The van der Waals surface area contributed by atoms with E-state index in [2.05, 4.69) is 60.3 Å². The SMILES string of the molecule is Brc1ccc([C@@H](C2CCCC2)N2CCNCC2)cc1Br.Cl.Cl. The molecule has 0 radical (unpaired) electrons. The second-order valence-electron chi connectivity index (χ2n) is 5.95. The minimum Gasteiger partial charge on any atom is -0.314 e. The number of piperazine rings is 1. The molecule has 1 heterocycles. The van der Waals surface area contributed by atoms with Gasteiger partial charge >= 0.3 is 0 Å². The van der Waals surface area contributed by atoms with Crippen molar-refractivity contribution in [2.45, 2.75) is 31.7 Å². The van der Waals surface area contributed by atoms with Crippen LogP contribution >= 0.6 is 56.7 Å². The third-order valence-electron chi connectivity index (χ3n) is 4.68. The highest BCUT2D eigenvalue weighted by Crippen LogP contribution is 2.41. The van der Waals surface area contributed by atoms with Crippen LogP contribution in [-0.2, 0) is 0 Å². The quantitative estimate of drug-likeness (QED) is 0.648. The first-order chi connectivity index (χ1) is 9.75. The molecule has 0 spiro atoms. The van der Waals surface area contributed by atoms with Crippen molar-refractivity contribution < 1.29 is 0 Å². The van der Waals surface area contributed by atoms with Gasteiger partial charge in [-0.05, 0) is 68.3 Å². The minimum atomic E-state index is 0. The summed E-state index contributed by atoms with van der Waals surface area (Å²) in [4.78, 5) is 2.70. The van der Waals surface area contributed by atoms with Crippen molar-refractivity contribution in [3.8, 4) is 0 Å². The van der Waals surface area contributed by atoms with Crippen molar-refractivity contribution in [2.75, 3.05) is 26.2 Å². The summed E-state index contributed by atoms with van der Waals surface area (Å²) in [6, 6.07) is 7.41. The molecule has 1 saturated heterocycles. The number of rotatable bonds is 3. The van der Waals surface area contributed by atoms with Gasteiger partial charge in [0.2, 0.25) is 0 Å². The molecule has 1 saturated carbocycles. The van der Waals surface area contributed by atoms with Gasteiger partial charge in [-0.15, -0.1) is 24.8 Å². The molecule has 22 heavy (non-hydrogen) atoms. The van der Waals surface area contributed by atoms with E-state index >= 15 is 0 Å². The molecular weight excluding hydrogens is 451 g/mol. The summed E-state index contributed by atoms with van der Waals surface area (Å²) in [6.07, 6.45) is 5.60. The van der Waals surface area contributed by atoms with E-state index in [1.54, 1.807) is 0 Å². The van der Waals surface area contributed by atoms with Gasteiger partial charge in [0.1, 0.15) is 0 Å². The van der Waals surface area contributed by atoms with Crippen molar-refractivity contribution in [3.63, 3.8) is 0 Å². The highest BCUT2D eigenvalue weighted by atomic mass is 79.9. The van der Waals surface area contributed by atoms with E-state index in [1.165, 1.54) is 48.8 Å². The first-order valence-electron chi connectivity index (χ1n) is 7.65. The van der Waals surface area contributed by atoms with Crippen molar-refractivity contribution in [1.29, 1.82) is 0 Å². The van der Waals surface area contributed by atoms with Gasteiger partial charge in [-0.2, -0.15) is 0 Å². The van der Waals surface area contributed by atoms with Gasteiger partial charge < -0.3 is 5.32 Å². The lowest BCUT2D eigenvalue weighted by Gasteiger charge is -2.38. The van der Waals surface area contributed by atoms with Crippen LogP contribution in [0.25, 0.3) is 0 Å². The van der Waals surface area contributed by atoms with Crippen molar-refractivity contribution in [1.82, 2.24) is 10.2 Å². The maximum absolute atomic E-state index is 3.67. The average Bonchev–Trinajstić information content (AvgIpc) is 2.98. The first-order valence-corrected chi connectivity index (χ1v) is 9.24. The molecule has 1 aliphatic heterocycles. The number of hydrogen-bond acceptors (Lipinski definition) is 2. The summed E-state index contributed by atoms with van der Waals surface area (Å²) in [5.74, 6) is 0.834. The molecule has 0 bridgehead atoms. The summed E-state index contributed by atoms with van der Waals surface area (Å²) in [5, 5.41) is 3.47. The van der Waals surface area contributed by atoms with Gasteiger partial charge in [-0.3, -0.25) is 4.90 Å². The lowest BCUT2D eigenvalue weighted by Crippen LogP contribution is -2.46. The van der Waals surface area contributed by atoms with E-state index < -0.39 is 0 Å². The van der Waals surface area contributed by atoms with E-state index in [0.717, 1.165) is 23.5 Å². The minimum absolute atomic E-state index is 0. The number of benzene rings is 1. The lowest BCUT2D eigenvalue weighted by atomic mass is 9.90. The molecule has 3 rings (SSSR count). The smallest absolute Gasteiger partial charge is 0.0377 e. The Bertz CT molecular complexity index is 461. The highest BCUT2D eigenvalue weighted by Gasteiger charge is 2.31. The Hall–Kier alpha value is 0.680. The van der Waals surface area contributed by atoms with Gasteiger partial charge in [0.05, 0.1) is 0 Å². The van der Waals surface area contributed by atoms with Gasteiger partial charge in [-0.1, -0.05) is 18.9 Å². The van der Waals surface area contributed by atoms with E-state index in [1.807, 2.05) is 0 Å². The van der Waals surface area contributed by atoms with E-state index in [0.29, 0.717) is 6.04 Å². The van der Waals surface area contributed by atoms with Gasteiger partial charge in [0, 0.05) is 41.2 Å². The Morgan fingerprint density at radius 1 is 1.00 bits per heavy atom. The topological polar surface area (TPSA) is 15.3 Å². The van der Waals surface area contributed by atoms with Crippen LogP contribution in [0.15, 0.2) is 27.1 Å². The Morgan fingerprint density at radius 2 is 1.64 bits per heavy atom. The van der Waals surface area contributed by atoms with E-state index in [4.69, 9.17) is 0 Å². The zero-order valence-electron chi connectivity index (χ0n) is 12.6. The number of nitrogens with zero attached hydrogens (tertiary/aromatic N) is 1. The van der Waals surface area contributed by atoms with Crippen molar-refractivity contribution in [3.05, 3.63) is 32.7 Å². The highest BCUT2D eigenvalue weighted by molar-refractivity contribution is 9.13. The summed E-state index contributed by atoms with van der Waals surface area (Å²) in [6.45, 7) is 4.60. The Balaban J connectivity index is 0.00000121. The average molecular weight is 475 g/mol. The van der Waals surface area contributed by atoms with Gasteiger partial charge in [0.25, 0.3) is 0 Å². The molecule has 2 nitrogen and oxygen atoms in total. The lowest BCUT2D eigenvalue weighted by molar-refractivity contribution is 0.125. The predicted octanol–water partition coefficient (Wildman–Crippen LogP) is 5.19. The Labute approximate surface area is 162 Å². The summed E-state index contributed by atoms with van der Waals surface area (Å²) < 4.78 is 2.32. The normalized spacial score (nSPS) is 21.0. The molecule has 2 aliphatic rings. The third kappa shape index (κ3) is 4.84.